The molecule has 1 aliphatic carbocycles. The Morgan fingerprint density at radius 3 is 3.00 bits per heavy atom. The van der Waals surface area contributed by atoms with Crippen LogP contribution in [-0.4, -0.2) is 35.8 Å². The van der Waals surface area contributed by atoms with Gasteiger partial charge in [-0.05, 0) is 25.7 Å². The first-order valence-electron chi connectivity index (χ1n) is 6.71. The molecule has 6 nitrogen and oxygen atoms in total. The van der Waals surface area contributed by atoms with Crippen molar-refractivity contribution in [2.24, 2.45) is 11.7 Å². The van der Waals surface area contributed by atoms with Gasteiger partial charge < -0.3 is 15.8 Å². The zero-order chi connectivity index (χ0) is 14.0. The van der Waals surface area contributed by atoms with Gasteiger partial charge in [-0.2, -0.15) is 0 Å². The molecule has 0 aromatic heterocycles. The first-order valence-corrected chi connectivity index (χ1v) is 6.71. The molecular weight excluding hydrogens is 248 g/mol. The molecule has 2 fully saturated rings. The number of primary amides is 1. The number of nitrogens with one attached hydrogen (secondary N) is 1. The molecule has 3 atom stereocenters. The maximum atomic E-state index is 11.9. The van der Waals surface area contributed by atoms with Gasteiger partial charge in [0.2, 0.25) is 11.8 Å². The van der Waals surface area contributed by atoms with Gasteiger partial charge in [0, 0.05) is 12.3 Å². The molecule has 0 bridgehead atoms. The lowest BCUT2D eigenvalue weighted by Gasteiger charge is -2.27. The lowest BCUT2D eigenvalue weighted by Crippen LogP contribution is -2.56. The highest BCUT2D eigenvalue weighted by Crippen LogP contribution is 2.37. The quantitative estimate of drug-likeness (QED) is 0.727. The number of Topliss-reactive ketones (excluding diaryl/α,β-unsaturated/α-hetero) is 1. The number of hydrogen-bond acceptors (Lipinski definition) is 4. The second-order valence-electron chi connectivity index (χ2n) is 5.48. The van der Waals surface area contributed by atoms with E-state index >= 15 is 0 Å². The molecule has 0 aromatic rings. The average Bonchev–Trinajstić information content (AvgIpc) is 2.87. The number of ketones is 1. The van der Waals surface area contributed by atoms with E-state index in [9.17, 15) is 14.4 Å². The zero-order valence-electron chi connectivity index (χ0n) is 11.1. The van der Waals surface area contributed by atoms with Crippen LogP contribution in [0, 0.1) is 5.92 Å². The Hall–Kier alpha value is -1.43. The predicted molar refractivity (Wildman–Crippen MR) is 67.1 cm³/mol. The summed E-state index contributed by atoms with van der Waals surface area (Å²) in [4.78, 5) is 34.8. The Kier molecular flexibility index (Phi) is 3.89. The zero-order valence-corrected chi connectivity index (χ0v) is 11.1. The SMILES string of the molecule is CC(CCC(=O)NC12CCCC1OCC2=O)C(N)=O. The van der Waals surface area contributed by atoms with Crippen LogP contribution in [0.15, 0.2) is 0 Å². The van der Waals surface area contributed by atoms with E-state index in [0.29, 0.717) is 12.8 Å². The molecule has 2 rings (SSSR count). The number of hydrogen-bond donors (Lipinski definition) is 2. The summed E-state index contributed by atoms with van der Waals surface area (Å²) in [7, 11) is 0. The van der Waals surface area contributed by atoms with Crippen molar-refractivity contribution >= 4 is 17.6 Å². The van der Waals surface area contributed by atoms with Gasteiger partial charge in [0.15, 0.2) is 5.78 Å². The number of nitrogens with two attached hydrogens (primary N) is 1. The van der Waals surface area contributed by atoms with Crippen LogP contribution in [0.2, 0.25) is 0 Å². The average molecular weight is 268 g/mol. The van der Waals surface area contributed by atoms with E-state index in [-0.39, 0.29) is 36.7 Å². The van der Waals surface area contributed by atoms with Crippen LogP contribution in [0.5, 0.6) is 0 Å². The van der Waals surface area contributed by atoms with Crippen LogP contribution in [-0.2, 0) is 19.1 Å². The molecule has 0 spiro atoms. The van der Waals surface area contributed by atoms with Gasteiger partial charge in [-0.1, -0.05) is 6.92 Å². The molecule has 1 heterocycles. The van der Waals surface area contributed by atoms with E-state index in [2.05, 4.69) is 5.32 Å². The number of ether oxygens (including phenoxy) is 1. The highest BCUT2D eigenvalue weighted by atomic mass is 16.5. The molecule has 106 valence electrons. The summed E-state index contributed by atoms with van der Waals surface area (Å²) in [6.45, 7) is 1.78. The molecule has 2 aliphatic rings. The van der Waals surface area contributed by atoms with Crippen molar-refractivity contribution in [3.8, 4) is 0 Å². The van der Waals surface area contributed by atoms with Crippen LogP contribution >= 0.6 is 0 Å². The Morgan fingerprint density at radius 2 is 2.32 bits per heavy atom. The van der Waals surface area contributed by atoms with Gasteiger partial charge in [0.05, 0.1) is 6.10 Å². The lowest BCUT2D eigenvalue weighted by molar-refractivity contribution is -0.130. The normalized spacial score (nSPS) is 31.0. The van der Waals surface area contributed by atoms with Crippen molar-refractivity contribution in [2.45, 2.75) is 50.7 Å². The summed E-state index contributed by atoms with van der Waals surface area (Å²) >= 11 is 0. The van der Waals surface area contributed by atoms with Gasteiger partial charge >= 0.3 is 0 Å². The van der Waals surface area contributed by atoms with Crippen molar-refractivity contribution in [1.82, 2.24) is 5.32 Å². The van der Waals surface area contributed by atoms with Crippen LogP contribution in [0.1, 0.15) is 39.0 Å². The second kappa shape index (κ2) is 5.28. The molecule has 1 saturated heterocycles. The fourth-order valence-corrected chi connectivity index (χ4v) is 2.84. The van der Waals surface area contributed by atoms with Gasteiger partial charge in [0.1, 0.15) is 12.1 Å². The number of carbonyl (C=O) groups is 3. The van der Waals surface area contributed by atoms with Crippen LogP contribution in [0.4, 0.5) is 0 Å². The monoisotopic (exact) mass is 268 g/mol. The fraction of sp³-hybridized carbons (Fsp3) is 0.769. The Labute approximate surface area is 112 Å². The Bertz CT molecular complexity index is 409. The molecule has 3 N–H and O–H groups in total. The summed E-state index contributed by atoms with van der Waals surface area (Å²) in [6.07, 6.45) is 2.76. The molecule has 2 amide bonds. The largest absolute Gasteiger partial charge is 0.369 e. The maximum absolute atomic E-state index is 11.9. The van der Waals surface area contributed by atoms with Gasteiger partial charge in [-0.3, -0.25) is 14.4 Å². The Balaban J connectivity index is 1.91. The number of fused-ring (bicyclic) bond motifs is 1. The number of carbonyl (C=O) groups excluding carboxylic acids is 3. The maximum Gasteiger partial charge on any atom is 0.220 e. The minimum absolute atomic E-state index is 0.0358. The molecular formula is C13H20N2O4. The molecule has 1 saturated carbocycles. The van der Waals surface area contributed by atoms with E-state index < -0.39 is 11.4 Å². The minimum Gasteiger partial charge on any atom is -0.369 e. The van der Waals surface area contributed by atoms with Crippen molar-refractivity contribution in [3.05, 3.63) is 0 Å². The summed E-state index contributed by atoms with van der Waals surface area (Å²) in [5.74, 6) is -0.992. The third kappa shape index (κ3) is 2.63. The summed E-state index contributed by atoms with van der Waals surface area (Å²) in [5.41, 5.74) is 4.33. The van der Waals surface area contributed by atoms with Gasteiger partial charge in [0.25, 0.3) is 0 Å². The fourth-order valence-electron chi connectivity index (χ4n) is 2.84. The van der Waals surface area contributed by atoms with Crippen molar-refractivity contribution in [2.75, 3.05) is 6.61 Å². The standard InChI is InChI=1S/C13H20N2O4/c1-8(12(14)18)4-5-11(17)15-13-6-2-3-10(13)19-7-9(13)16/h8,10H,2-7H2,1H3,(H2,14,18)(H,15,17). The minimum atomic E-state index is -0.812. The molecule has 0 radical (unpaired) electrons. The molecule has 3 unspecified atom stereocenters. The highest BCUT2D eigenvalue weighted by molar-refractivity contribution is 5.96. The van der Waals surface area contributed by atoms with Crippen LogP contribution < -0.4 is 11.1 Å². The second-order valence-corrected chi connectivity index (χ2v) is 5.48. The van der Waals surface area contributed by atoms with Crippen LogP contribution in [0.25, 0.3) is 0 Å². The predicted octanol–water partition coefficient (Wildman–Crippen LogP) is -0.105. The first kappa shape index (κ1) is 14.0. The lowest BCUT2D eigenvalue weighted by atomic mass is 9.91. The van der Waals surface area contributed by atoms with Crippen LogP contribution in [0.3, 0.4) is 0 Å². The molecule has 0 aromatic carbocycles. The summed E-state index contributed by atoms with van der Waals surface area (Å²) < 4.78 is 5.42. The van der Waals surface area contributed by atoms with Gasteiger partial charge in [-0.15, -0.1) is 0 Å². The molecule has 19 heavy (non-hydrogen) atoms. The van der Waals surface area contributed by atoms with Crippen molar-refractivity contribution < 1.29 is 19.1 Å². The smallest absolute Gasteiger partial charge is 0.220 e. The van der Waals surface area contributed by atoms with E-state index in [1.807, 2.05) is 0 Å². The van der Waals surface area contributed by atoms with E-state index in [1.165, 1.54) is 0 Å². The van der Waals surface area contributed by atoms with Gasteiger partial charge in [-0.25, -0.2) is 0 Å². The third-order valence-electron chi connectivity index (χ3n) is 4.15. The number of rotatable bonds is 5. The molecule has 1 aliphatic heterocycles. The first-order chi connectivity index (χ1) is 8.95. The van der Waals surface area contributed by atoms with Crippen molar-refractivity contribution in [3.63, 3.8) is 0 Å². The van der Waals surface area contributed by atoms with E-state index in [4.69, 9.17) is 10.5 Å². The Morgan fingerprint density at radius 1 is 1.58 bits per heavy atom. The third-order valence-corrected chi connectivity index (χ3v) is 4.15. The van der Waals surface area contributed by atoms with Crippen molar-refractivity contribution in [1.29, 1.82) is 0 Å². The summed E-state index contributed by atoms with van der Waals surface area (Å²) in [5, 5.41) is 2.83. The number of amides is 2. The summed E-state index contributed by atoms with van der Waals surface area (Å²) in [6, 6.07) is 0. The van der Waals surface area contributed by atoms with E-state index in [1.54, 1.807) is 6.92 Å². The topological polar surface area (TPSA) is 98.5 Å². The highest BCUT2D eigenvalue weighted by Gasteiger charge is 2.54. The molecule has 6 heteroatoms. The van der Waals surface area contributed by atoms with E-state index in [0.717, 1.165) is 12.8 Å².